The average Bonchev–Trinajstić information content (AvgIpc) is 3.61. The first-order valence-corrected chi connectivity index (χ1v) is 13.9. The fourth-order valence-electron chi connectivity index (χ4n) is 7.34. The van der Waals surface area contributed by atoms with E-state index in [4.69, 9.17) is 42.6 Å². The number of fused-ring (bicyclic) bond motifs is 8. The van der Waals surface area contributed by atoms with E-state index in [1.54, 1.807) is 6.08 Å². The van der Waals surface area contributed by atoms with Crippen LogP contribution < -0.4 is 14.2 Å². The molecule has 0 saturated carbocycles. The zero-order valence-corrected chi connectivity index (χ0v) is 23.4. The number of ether oxygens (including phenoxy) is 9. The van der Waals surface area contributed by atoms with Crippen LogP contribution in [0.4, 0.5) is 0 Å². The molecule has 0 aromatic heterocycles. The maximum absolute atomic E-state index is 13.3. The lowest BCUT2D eigenvalue weighted by Crippen LogP contribution is -2.71. The van der Waals surface area contributed by atoms with Gasteiger partial charge in [0.2, 0.25) is 11.9 Å². The number of carbonyl (C=O) groups excluding carboxylic acids is 3. The van der Waals surface area contributed by atoms with E-state index in [1.165, 1.54) is 27.0 Å². The molecule has 42 heavy (non-hydrogen) atoms. The molecule has 6 aliphatic rings. The van der Waals surface area contributed by atoms with Crippen LogP contribution in [-0.4, -0.2) is 74.2 Å². The van der Waals surface area contributed by atoms with Crippen molar-refractivity contribution < 1.29 is 57.0 Å². The lowest BCUT2D eigenvalue weighted by Gasteiger charge is -2.49. The Bertz CT molecular complexity index is 1630. The summed E-state index contributed by atoms with van der Waals surface area (Å²) in [5.41, 5.74) is 0.710. The number of hydrogen-bond acceptors (Lipinski definition) is 12. The predicted octanol–water partition coefficient (Wildman–Crippen LogP) is 2.73. The van der Waals surface area contributed by atoms with Crippen molar-refractivity contribution in [2.75, 3.05) is 26.9 Å². The molecule has 4 saturated heterocycles. The third-order valence-electron chi connectivity index (χ3n) is 8.87. The molecule has 0 N–H and O–H groups in total. The predicted molar refractivity (Wildman–Crippen MR) is 139 cm³/mol. The van der Waals surface area contributed by atoms with Gasteiger partial charge in [-0.05, 0) is 37.5 Å². The van der Waals surface area contributed by atoms with Crippen LogP contribution in [0, 0.1) is 6.92 Å². The van der Waals surface area contributed by atoms with Gasteiger partial charge in [0, 0.05) is 30.4 Å². The molecule has 4 fully saturated rings. The Kier molecular flexibility index (Phi) is 5.29. The van der Waals surface area contributed by atoms with Gasteiger partial charge in [0.25, 0.3) is 5.79 Å². The number of carbonyl (C=O) groups is 3. The first kappa shape index (κ1) is 26.1. The van der Waals surface area contributed by atoms with E-state index in [0.29, 0.717) is 53.7 Å². The Morgan fingerprint density at radius 1 is 1.07 bits per heavy atom. The van der Waals surface area contributed by atoms with E-state index < -0.39 is 47.6 Å². The molecule has 220 valence electrons. The number of methoxy groups -OCH3 is 1. The SMILES string of the molecule is COc1c2c(c(OC(C)=O)c3c4c(c(C)cc13)C1OC3(C5OCCCO5)OC1[C@@](OC(C)=O)(O4)[C@@]31CO1)C(=O)C=CC2. The highest BCUT2D eigenvalue weighted by Gasteiger charge is 2.94. The Morgan fingerprint density at radius 3 is 2.50 bits per heavy atom. The fraction of sp³-hybridized carbons (Fsp3) is 0.500. The topological polar surface area (TPSA) is 138 Å². The first-order chi connectivity index (χ1) is 20.2. The normalized spacial score (nSPS) is 33.8. The maximum atomic E-state index is 13.3. The molecular formula is C30H28O12. The quantitative estimate of drug-likeness (QED) is 0.299. The van der Waals surface area contributed by atoms with Gasteiger partial charge in [-0.3, -0.25) is 14.4 Å². The van der Waals surface area contributed by atoms with Crippen molar-refractivity contribution >= 4 is 28.5 Å². The van der Waals surface area contributed by atoms with Gasteiger partial charge in [0.15, 0.2) is 17.6 Å². The van der Waals surface area contributed by atoms with Gasteiger partial charge in [0.1, 0.15) is 17.6 Å². The third kappa shape index (κ3) is 3.01. The first-order valence-electron chi connectivity index (χ1n) is 13.9. The molecule has 2 bridgehead atoms. The molecule has 5 aliphatic heterocycles. The number of benzene rings is 2. The summed E-state index contributed by atoms with van der Waals surface area (Å²) in [5, 5.41) is 0.862. The van der Waals surface area contributed by atoms with Crippen LogP contribution in [-0.2, 0) is 44.4 Å². The largest absolute Gasteiger partial charge is 0.496 e. The highest BCUT2D eigenvalue weighted by atomic mass is 16.9. The molecule has 1 aliphatic carbocycles. The van der Waals surface area contributed by atoms with Crippen LogP contribution in [0.3, 0.4) is 0 Å². The zero-order valence-electron chi connectivity index (χ0n) is 23.4. The molecule has 2 aromatic rings. The summed E-state index contributed by atoms with van der Waals surface area (Å²) in [6.07, 6.45) is 1.55. The highest BCUT2D eigenvalue weighted by Crippen LogP contribution is 2.72. The third-order valence-corrected chi connectivity index (χ3v) is 8.87. The summed E-state index contributed by atoms with van der Waals surface area (Å²) in [5.74, 6) is -4.29. The van der Waals surface area contributed by atoms with Crippen molar-refractivity contribution in [2.45, 2.75) is 69.3 Å². The van der Waals surface area contributed by atoms with Crippen LogP contribution in [0.2, 0.25) is 0 Å². The van der Waals surface area contributed by atoms with Gasteiger partial charge in [-0.25, -0.2) is 0 Å². The second-order valence-electron chi connectivity index (χ2n) is 11.3. The molecule has 12 heteroatoms. The number of aryl methyl sites for hydroxylation is 1. The Hall–Kier alpha value is -3.55. The average molecular weight is 581 g/mol. The molecule has 3 unspecified atom stereocenters. The number of ketones is 1. The van der Waals surface area contributed by atoms with Gasteiger partial charge in [-0.15, -0.1) is 0 Å². The minimum atomic E-state index is -1.81. The van der Waals surface area contributed by atoms with E-state index in [1.807, 2.05) is 13.0 Å². The molecule has 0 amide bonds. The highest BCUT2D eigenvalue weighted by molar-refractivity contribution is 6.16. The molecule has 8 rings (SSSR count). The van der Waals surface area contributed by atoms with Crippen LogP contribution >= 0.6 is 0 Å². The lowest BCUT2D eigenvalue weighted by atomic mass is 9.78. The van der Waals surface area contributed by atoms with Crippen molar-refractivity contribution in [3.05, 3.63) is 40.5 Å². The number of allylic oxidation sites excluding steroid dienone is 2. The molecule has 5 heterocycles. The van der Waals surface area contributed by atoms with Crippen molar-refractivity contribution in [1.82, 2.24) is 0 Å². The summed E-state index contributed by atoms with van der Waals surface area (Å²) in [7, 11) is 1.51. The van der Waals surface area contributed by atoms with Crippen molar-refractivity contribution in [1.29, 1.82) is 0 Å². The van der Waals surface area contributed by atoms with Crippen LogP contribution in [0.5, 0.6) is 17.2 Å². The van der Waals surface area contributed by atoms with Crippen LogP contribution in [0.15, 0.2) is 18.2 Å². The minimum absolute atomic E-state index is 0.0320. The summed E-state index contributed by atoms with van der Waals surface area (Å²) in [4.78, 5) is 38.4. The van der Waals surface area contributed by atoms with Crippen molar-refractivity contribution in [3.63, 3.8) is 0 Å². The Labute approximate surface area is 239 Å². The van der Waals surface area contributed by atoms with Crippen LogP contribution in [0.1, 0.15) is 53.4 Å². The molecule has 0 radical (unpaired) electrons. The van der Waals surface area contributed by atoms with Gasteiger partial charge < -0.3 is 42.6 Å². The van der Waals surface area contributed by atoms with E-state index in [9.17, 15) is 14.4 Å². The molecular weight excluding hydrogens is 552 g/mol. The monoisotopic (exact) mass is 580 g/mol. The second-order valence-corrected chi connectivity index (χ2v) is 11.3. The second kappa shape index (κ2) is 8.51. The zero-order chi connectivity index (χ0) is 29.2. The summed E-state index contributed by atoms with van der Waals surface area (Å²) in [6, 6.07) is 1.88. The van der Waals surface area contributed by atoms with E-state index in [0.717, 1.165) is 5.56 Å². The Balaban J connectivity index is 1.44. The summed E-state index contributed by atoms with van der Waals surface area (Å²) in [6.45, 7) is 5.33. The lowest BCUT2D eigenvalue weighted by molar-refractivity contribution is -0.363. The van der Waals surface area contributed by atoms with Gasteiger partial charge in [-0.1, -0.05) is 6.08 Å². The standard InChI is InChI=1S/C30H28O12/c1-13-11-17-21(23(38-14(2)31)20-16(22(17)34-4)7-5-8-18(20)33)24-19(13)25-26-29(40-24,39-15(3)32)28(12-37-28)30(41-25,42-26)27-35-9-6-10-36-27/h5,8,11,25-27H,6-7,9-10,12H2,1-4H3/t25?,26?,28-,29+,30?/m0/s1. The molecule has 1 spiro atoms. The summed E-state index contributed by atoms with van der Waals surface area (Å²) < 4.78 is 55.8. The van der Waals surface area contributed by atoms with E-state index >= 15 is 0 Å². The number of rotatable bonds is 4. The molecule has 5 atom stereocenters. The van der Waals surface area contributed by atoms with E-state index in [-0.39, 0.29) is 29.5 Å². The van der Waals surface area contributed by atoms with E-state index in [2.05, 4.69) is 0 Å². The Morgan fingerprint density at radius 2 is 1.83 bits per heavy atom. The fourth-order valence-corrected chi connectivity index (χ4v) is 7.34. The number of hydrogen-bond donors (Lipinski definition) is 0. The molecule has 2 aromatic carbocycles. The van der Waals surface area contributed by atoms with Gasteiger partial charge in [0.05, 0.1) is 37.9 Å². The minimum Gasteiger partial charge on any atom is -0.496 e. The maximum Gasteiger partial charge on any atom is 0.320 e. The number of esters is 2. The summed E-state index contributed by atoms with van der Waals surface area (Å²) >= 11 is 0. The van der Waals surface area contributed by atoms with Gasteiger partial charge >= 0.3 is 17.7 Å². The molecule has 12 nitrogen and oxygen atoms in total. The van der Waals surface area contributed by atoms with Gasteiger partial charge in [-0.2, -0.15) is 0 Å². The number of epoxide rings is 1. The van der Waals surface area contributed by atoms with Crippen molar-refractivity contribution in [2.24, 2.45) is 0 Å². The van der Waals surface area contributed by atoms with Crippen LogP contribution in [0.25, 0.3) is 10.8 Å². The smallest absolute Gasteiger partial charge is 0.320 e. The van der Waals surface area contributed by atoms with Crippen molar-refractivity contribution in [3.8, 4) is 17.2 Å².